The van der Waals surface area contributed by atoms with Crippen LogP contribution in [0, 0.1) is 0 Å². The van der Waals surface area contributed by atoms with Crippen LogP contribution >= 0.6 is 0 Å². The number of carbonyl (C=O) groups is 2. The number of rotatable bonds is 7. The number of nitrogens with one attached hydrogen (secondary N) is 2. The van der Waals surface area contributed by atoms with E-state index in [1.54, 1.807) is 36.4 Å². The third-order valence-corrected chi connectivity index (χ3v) is 3.47. The molecule has 0 saturated heterocycles. The maximum Gasteiger partial charge on any atom is 0.255 e. The molecule has 0 atom stereocenters. The van der Waals surface area contributed by atoms with Gasteiger partial charge in [0.15, 0.2) is 0 Å². The molecule has 2 N–H and O–H groups in total. The van der Waals surface area contributed by atoms with E-state index in [4.69, 9.17) is 0 Å². The number of benzene rings is 2. The predicted octanol–water partition coefficient (Wildman–Crippen LogP) is 4.46. The molecule has 4 heteroatoms. The Hall–Kier alpha value is -2.62. The summed E-state index contributed by atoms with van der Waals surface area (Å²) in [6, 6.07) is 16.2. The van der Waals surface area contributed by atoms with Crippen LogP contribution in [0.4, 0.5) is 11.4 Å². The van der Waals surface area contributed by atoms with Crippen molar-refractivity contribution >= 4 is 23.2 Å². The second-order valence-corrected chi connectivity index (χ2v) is 5.40. The molecule has 4 nitrogen and oxygen atoms in total. The van der Waals surface area contributed by atoms with Gasteiger partial charge in [-0.3, -0.25) is 9.59 Å². The minimum Gasteiger partial charge on any atom is -0.326 e. The molecule has 2 aromatic carbocycles. The van der Waals surface area contributed by atoms with Gasteiger partial charge in [0, 0.05) is 23.4 Å². The van der Waals surface area contributed by atoms with Gasteiger partial charge >= 0.3 is 0 Å². The van der Waals surface area contributed by atoms with Gasteiger partial charge < -0.3 is 10.6 Å². The highest BCUT2D eigenvalue weighted by atomic mass is 16.2. The SMILES string of the molecule is CCCCCC(=O)Nc1ccc(NC(=O)c2ccccc2)cc1. The summed E-state index contributed by atoms with van der Waals surface area (Å²) in [6.07, 6.45) is 3.62. The van der Waals surface area contributed by atoms with E-state index in [1.165, 1.54) is 0 Å². The van der Waals surface area contributed by atoms with Crippen LogP contribution in [0.5, 0.6) is 0 Å². The maximum atomic E-state index is 12.0. The molecule has 0 aliphatic carbocycles. The molecule has 2 amide bonds. The number of unbranched alkanes of at least 4 members (excludes halogenated alkanes) is 2. The Morgan fingerprint density at radius 1 is 0.826 bits per heavy atom. The van der Waals surface area contributed by atoms with Crippen LogP contribution in [0.3, 0.4) is 0 Å². The second kappa shape index (κ2) is 8.73. The molecule has 0 aromatic heterocycles. The second-order valence-electron chi connectivity index (χ2n) is 5.40. The molecular formula is C19H22N2O2. The Bertz CT molecular complexity index is 636. The molecule has 0 radical (unpaired) electrons. The third-order valence-electron chi connectivity index (χ3n) is 3.47. The summed E-state index contributed by atoms with van der Waals surface area (Å²) in [7, 11) is 0. The zero-order chi connectivity index (χ0) is 16.5. The van der Waals surface area contributed by atoms with Crippen molar-refractivity contribution < 1.29 is 9.59 Å². The summed E-state index contributed by atoms with van der Waals surface area (Å²) in [6.45, 7) is 2.11. The Morgan fingerprint density at radius 3 is 2.04 bits per heavy atom. The van der Waals surface area contributed by atoms with E-state index in [1.807, 2.05) is 18.2 Å². The third kappa shape index (κ3) is 5.58. The summed E-state index contributed by atoms with van der Waals surface area (Å²) >= 11 is 0. The first-order chi connectivity index (χ1) is 11.2. The lowest BCUT2D eigenvalue weighted by Crippen LogP contribution is -2.12. The molecule has 0 spiro atoms. The molecule has 23 heavy (non-hydrogen) atoms. The van der Waals surface area contributed by atoms with Crippen LogP contribution in [0.15, 0.2) is 54.6 Å². The fourth-order valence-electron chi connectivity index (χ4n) is 2.19. The Labute approximate surface area is 136 Å². The van der Waals surface area contributed by atoms with Gasteiger partial charge in [-0.2, -0.15) is 0 Å². The predicted molar refractivity (Wildman–Crippen MR) is 93.6 cm³/mol. The minimum absolute atomic E-state index is 0.0273. The zero-order valence-electron chi connectivity index (χ0n) is 13.3. The molecule has 2 aromatic rings. The average molecular weight is 310 g/mol. The van der Waals surface area contributed by atoms with Crippen molar-refractivity contribution in [3.63, 3.8) is 0 Å². The lowest BCUT2D eigenvalue weighted by atomic mass is 10.2. The largest absolute Gasteiger partial charge is 0.326 e. The first-order valence-electron chi connectivity index (χ1n) is 7.95. The fraction of sp³-hybridized carbons (Fsp3) is 0.263. The summed E-state index contributed by atoms with van der Waals surface area (Å²) in [4.78, 5) is 23.8. The van der Waals surface area contributed by atoms with E-state index in [-0.39, 0.29) is 11.8 Å². The Kier molecular flexibility index (Phi) is 6.36. The fourth-order valence-corrected chi connectivity index (χ4v) is 2.19. The number of carbonyl (C=O) groups excluding carboxylic acids is 2. The minimum atomic E-state index is -0.151. The van der Waals surface area contributed by atoms with Gasteiger partial charge in [0.05, 0.1) is 0 Å². The van der Waals surface area contributed by atoms with Crippen LogP contribution in [0.25, 0.3) is 0 Å². The van der Waals surface area contributed by atoms with Gasteiger partial charge in [0.25, 0.3) is 5.91 Å². The van der Waals surface area contributed by atoms with Crippen LogP contribution in [-0.2, 0) is 4.79 Å². The van der Waals surface area contributed by atoms with Gasteiger partial charge in [0.2, 0.25) is 5.91 Å². The van der Waals surface area contributed by atoms with Crippen LogP contribution in [0.1, 0.15) is 43.0 Å². The highest BCUT2D eigenvalue weighted by Gasteiger charge is 2.06. The van der Waals surface area contributed by atoms with Gasteiger partial charge in [-0.1, -0.05) is 38.0 Å². The summed E-state index contributed by atoms with van der Waals surface area (Å²) in [5.74, 6) is -0.124. The molecule has 0 aliphatic heterocycles. The Balaban J connectivity index is 1.87. The first-order valence-corrected chi connectivity index (χ1v) is 7.95. The van der Waals surface area contributed by atoms with Gasteiger partial charge in [0.1, 0.15) is 0 Å². The number of amides is 2. The lowest BCUT2D eigenvalue weighted by Gasteiger charge is -2.08. The summed E-state index contributed by atoms with van der Waals surface area (Å²) in [5, 5.41) is 5.69. The van der Waals surface area contributed by atoms with E-state index in [9.17, 15) is 9.59 Å². The molecule has 0 saturated carbocycles. The van der Waals surface area contributed by atoms with Gasteiger partial charge in [-0.25, -0.2) is 0 Å². The highest BCUT2D eigenvalue weighted by molar-refractivity contribution is 6.04. The van der Waals surface area contributed by atoms with E-state index in [0.29, 0.717) is 17.7 Å². The van der Waals surface area contributed by atoms with Crippen LogP contribution in [-0.4, -0.2) is 11.8 Å². The molecule has 0 bridgehead atoms. The summed E-state index contributed by atoms with van der Waals surface area (Å²) in [5.41, 5.74) is 2.05. The highest BCUT2D eigenvalue weighted by Crippen LogP contribution is 2.15. The lowest BCUT2D eigenvalue weighted by molar-refractivity contribution is -0.116. The van der Waals surface area contributed by atoms with E-state index in [0.717, 1.165) is 24.9 Å². The number of anilines is 2. The molecule has 0 fully saturated rings. The van der Waals surface area contributed by atoms with E-state index < -0.39 is 0 Å². The maximum absolute atomic E-state index is 12.0. The van der Waals surface area contributed by atoms with E-state index in [2.05, 4.69) is 17.6 Å². The van der Waals surface area contributed by atoms with Crippen molar-refractivity contribution in [2.24, 2.45) is 0 Å². The van der Waals surface area contributed by atoms with Crippen molar-refractivity contribution in [1.82, 2.24) is 0 Å². The monoisotopic (exact) mass is 310 g/mol. The average Bonchev–Trinajstić information content (AvgIpc) is 2.57. The molecule has 0 heterocycles. The number of hydrogen-bond donors (Lipinski definition) is 2. The molecule has 0 unspecified atom stereocenters. The van der Waals surface area contributed by atoms with E-state index >= 15 is 0 Å². The molecule has 2 rings (SSSR count). The van der Waals surface area contributed by atoms with Crippen LogP contribution in [0.2, 0.25) is 0 Å². The standard InChI is InChI=1S/C19H22N2O2/c1-2-3-5-10-18(22)20-16-11-13-17(14-12-16)21-19(23)15-8-6-4-7-9-15/h4,6-9,11-14H,2-3,5,10H2,1H3,(H,20,22)(H,21,23). The van der Waals surface area contributed by atoms with Crippen molar-refractivity contribution in [2.75, 3.05) is 10.6 Å². The summed E-state index contributed by atoms with van der Waals surface area (Å²) < 4.78 is 0. The van der Waals surface area contributed by atoms with Gasteiger partial charge in [-0.15, -0.1) is 0 Å². The molecule has 120 valence electrons. The van der Waals surface area contributed by atoms with Crippen molar-refractivity contribution in [3.8, 4) is 0 Å². The van der Waals surface area contributed by atoms with Crippen molar-refractivity contribution in [2.45, 2.75) is 32.6 Å². The molecule has 0 aliphatic rings. The first kappa shape index (κ1) is 16.7. The Morgan fingerprint density at radius 2 is 1.43 bits per heavy atom. The smallest absolute Gasteiger partial charge is 0.255 e. The van der Waals surface area contributed by atoms with Gasteiger partial charge in [-0.05, 0) is 42.8 Å². The normalized spacial score (nSPS) is 10.1. The van der Waals surface area contributed by atoms with Crippen LogP contribution < -0.4 is 10.6 Å². The zero-order valence-corrected chi connectivity index (χ0v) is 13.3. The number of hydrogen-bond acceptors (Lipinski definition) is 2. The quantitative estimate of drug-likeness (QED) is 0.742. The van der Waals surface area contributed by atoms with Crippen molar-refractivity contribution in [1.29, 1.82) is 0 Å². The molecular weight excluding hydrogens is 288 g/mol. The van der Waals surface area contributed by atoms with Crippen molar-refractivity contribution in [3.05, 3.63) is 60.2 Å². The topological polar surface area (TPSA) is 58.2 Å².